The second-order valence-electron chi connectivity index (χ2n) is 14.0. The van der Waals surface area contributed by atoms with Crippen LogP contribution < -0.4 is 14.8 Å². The van der Waals surface area contributed by atoms with Gasteiger partial charge in [-0.25, -0.2) is 23.1 Å². The molecule has 7 aromatic carbocycles. The number of methoxy groups -OCH3 is 1. The minimum absolute atomic E-state index is 0. The number of rotatable bonds is 10. The summed E-state index contributed by atoms with van der Waals surface area (Å²) in [5.41, 5.74) is 6.22. The van der Waals surface area contributed by atoms with Crippen LogP contribution in [0.5, 0.6) is 11.5 Å². The van der Waals surface area contributed by atoms with E-state index < -0.39 is 5.82 Å². The number of benzene rings is 7. The van der Waals surface area contributed by atoms with Crippen LogP contribution in [-0.2, 0) is 28.9 Å². The Bertz CT molecular complexity index is 2910. The predicted octanol–water partition coefficient (Wildman–Crippen LogP) is 12.2. The van der Waals surface area contributed by atoms with Gasteiger partial charge in [0.1, 0.15) is 36.2 Å². The smallest absolute Gasteiger partial charge is 0.163 e. The van der Waals surface area contributed by atoms with Gasteiger partial charge in [0, 0.05) is 57.5 Å². The first-order valence-corrected chi connectivity index (χ1v) is 19.7. The molecule has 12 heteroatoms. The third-order valence-electron chi connectivity index (χ3n) is 10.3. The van der Waals surface area contributed by atoms with Gasteiger partial charge in [-0.3, -0.25) is 0 Å². The molecule has 7 nitrogen and oxygen atoms in total. The average Bonchev–Trinajstić information content (AvgIpc) is 3.65. The molecular formula is C50H37AuClF3N5O2-2. The van der Waals surface area contributed by atoms with Gasteiger partial charge in [-0.1, -0.05) is 84.4 Å². The maximum atomic E-state index is 13.9. The first-order valence-electron chi connectivity index (χ1n) is 19.4. The summed E-state index contributed by atoms with van der Waals surface area (Å²) < 4.78 is 51.7. The molecule has 0 atom stereocenters. The Morgan fingerprint density at radius 3 is 1.92 bits per heavy atom. The molecule has 1 aromatic heterocycles. The standard InChI is InChI=1S/C32H25F2N2.C18H12ClFN3O2.Au/c1-2-35-21-36(20-30-28-9-5-3-7-24(28)19-25-8-4-6-10-29(25)30)32(23-13-17-27(34)18-14-23)31(35)22-11-15-26(33)16-12-22;1-3-6-25-17-8-12-15(9-16(17)24-2)21-10-22-18(12)23-11-4-5-14(20)13(19)7-11;/h3-19,21H,2,20H2,1H3;4-5,7-10H,6H2,2H3,(H,21,22,23);/q2*-1;. The molecular weight excluding hydrogens is 992 g/mol. The van der Waals surface area contributed by atoms with Crippen LogP contribution >= 0.6 is 11.6 Å². The van der Waals surface area contributed by atoms with Crippen LogP contribution in [0.3, 0.4) is 0 Å². The maximum Gasteiger partial charge on any atom is 0.163 e. The molecule has 1 aliphatic heterocycles. The van der Waals surface area contributed by atoms with Gasteiger partial charge in [0.05, 0.1) is 17.6 Å². The number of ether oxygens (including phenoxy) is 2. The zero-order valence-electron chi connectivity index (χ0n) is 33.4. The molecule has 1 aliphatic rings. The second-order valence-corrected chi connectivity index (χ2v) is 14.4. The SMILES string of the molecule is CCN1[CH-]N(Cc2c3ccccc3cc3ccccc23)C(c2ccc(F)cc2)=C1c1ccc(F)cc1.[Au].[C-]#CCOc1cc2c(Nc3ccc(F)c(Cl)c3)ncnc2cc1OC. The van der Waals surface area contributed by atoms with E-state index in [1.54, 1.807) is 18.2 Å². The van der Waals surface area contributed by atoms with E-state index in [2.05, 4.69) is 99.2 Å². The molecule has 1 radical (unpaired) electrons. The molecule has 1 N–H and O–H groups in total. The topological polar surface area (TPSA) is 62.8 Å². The Morgan fingerprint density at radius 2 is 1.34 bits per heavy atom. The number of nitrogens with zero attached hydrogens (tertiary/aromatic N) is 4. The van der Waals surface area contributed by atoms with Gasteiger partial charge in [0.15, 0.2) is 11.5 Å². The summed E-state index contributed by atoms with van der Waals surface area (Å²) in [4.78, 5) is 12.9. The van der Waals surface area contributed by atoms with Gasteiger partial charge < -0.3 is 36.9 Å². The summed E-state index contributed by atoms with van der Waals surface area (Å²) in [5, 5.41) is 8.58. The molecule has 2 heterocycles. The van der Waals surface area contributed by atoms with Crippen molar-refractivity contribution < 1.29 is 45.0 Å². The van der Waals surface area contributed by atoms with E-state index in [9.17, 15) is 13.2 Å². The van der Waals surface area contributed by atoms with Crippen molar-refractivity contribution in [1.82, 2.24) is 19.8 Å². The number of halogens is 4. The van der Waals surface area contributed by atoms with Crippen LogP contribution in [0.1, 0.15) is 23.6 Å². The number of aromatic nitrogens is 2. The molecule has 8 aromatic rings. The molecule has 0 aliphatic carbocycles. The first kappa shape index (κ1) is 43.6. The summed E-state index contributed by atoms with van der Waals surface area (Å²) in [5.74, 6) is 2.53. The predicted molar refractivity (Wildman–Crippen MR) is 237 cm³/mol. The van der Waals surface area contributed by atoms with Crippen molar-refractivity contribution in [2.24, 2.45) is 0 Å². The fourth-order valence-corrected chi connectivity index (χ4v) is 7.63. The van der Waals surface area contributed by atoms with Gasteiger partial charge in [-0.05, 0) is 106 Å². The maximum absolute atomic E-state index is 13.9. The molecule has 0 fully saturated rings. The minimum Gasteiger partial charge on any atom is -0.690 e. The van der Waals surface area contributed by atoms with Crippen LogP contribution in [0.4, 0.5) is 24.7 Å². The Kier molecular flexibility index (Phi) is 13.7. The van der Waals surface area contributed by atoms with Crippen molar-refractivity contribution in [3.8, 4) is 17.4 Å². The molecule has 0 unspecified atom stereocenters. The van der Waals surface area contributed by atoms with Gasteiger partial charge in [0.2, 0.25) is 0 Å². The quantitative estimate of drug-likeness (QED) is 0.0634. The third-order valence-corrected chi connectivity index (χ3v) is 10.6. The zero-order chi connectivity index (χ0) is 42.5. The Hall–Kier alpha value is -6.48. The summed E-state index contributed by atoms with van der Waals surface area (Å²) in [7, 11) is 1.52. The minimum atomic E-state index is -0.497. The number of fused-ring (bicyclic) bond motifs is 3. The molecule has 62 heavy (non-hydrogen) atoms. The number of anilines is 2. The molecule has 9 rings (SSSR count). The van der Waals surface area contributed by atoms with Crippen molar-refractivity contribution in [2.75, 3.05) is 25.6 Å². The van der Waals surface area contributed by atoms with Crippen molar-refractivity contribution >= 4 is 66.9 Å². The van der Waals surface area contributed by atoms with E-state index in [0.29, 0.717) is 40.5 Å². The van der Waals surface area contributed by atoms with Gasteiger partial charge in [0.25, 0.3) is 0 Å². The summed E-state index contributed by atoms with van der Waals surface area (Å²) in [6.07, 6.45) is 8.38. The van der Waals surface area contributed by atoms with Crippen LogP contribution in [-0.4, -0.2) is 40.0 Å². The van der Waals surface area contributed by atoms with Crippen LogP contribution in [0.25, 0.3) is 43.8 Å². The molecule has 315 valence electrons. The Labute approximate surface area is 378 Å². The van der Waals surface area contributed by atoms with Gasteiger partial charge in [-0.2, -0.15) is 6.67 Å². The van der Waals surface area contributed by atoms with E-state index in [1.807, 2.05) is 24.3 Å². The zero-order valence-corrected chi connectivity index (χ0v) is 36.3. The number of nitrogens with one attached hydrogen (secondary N) is 1. The summed E-state index contributed by atoms with van der Waals surface area (Å²) >= 11 is 5.81. The van der Waals surface area contributed by atoms with Crippen molar-refractivity contribution in [1.29, 1.82) is 0 Å². The fourth-order valence-electron chi connectivity index (χ4n) is 7.45. The van der Waals surface area contributed by atoms with E-state index >= 15 is 0 Å². The fraction of sp³-hybridized carbons (Fsp3) is 0.100. The Morgan fingerprint density at radius 1 is 0.726 bits per heavy atom. The van der Waals surface area contributed by atoms with E-state index in [-0.39, 0.29) is 45.6 Å². The van der Waals surface area contributed by atoms with Gasteiger partial charge >= 0.3 is 0 Å². The van der Waals surface area contributed by atoms with Crippen LogP contribution in [0.2, 0.25) is 5.02 Å². The third kappa shape index (κ3) is 9.22. The van der Waals surface area contributed by atoms with Gasteiger partial charge in [-0.15, -0.1) is 0 Å². The van der Waals surface area contributed by atoms with Crippen LogP contribution in [0, 0.1) is 36.5 Å². The summed E-state index contributed by atoms with van der Waals surface area (Å²) in [6, 6.07) is 40.1. The molecule has 0 spiro atoms. The van der Waals surface area contributed by atoms with E-state index in [1.165, 1.54) is 76.9 Å². The Balaban J connectivity index is 0.000000196. The van der Waals surface area contributed by atoms with Crippen molar-refractivity contribution in [3.63, 3.8) is 0 Å². The number of hydrogen-bond acceptors (Lipinski definition) is 7. The summed E-state index contributed by atoms with van der Waals surface area (Å²) in [6.45, 7) is 5.58. The molecule has 0 amide bonds. The molecule has 0 saturated heterocycles. The second kappa shape index (κ2) is 19.5. The van der Waals surface area contributed by atoms with Crippen molar-refractivity contribution in [2.45, 2.75) is 13.5 Å². The largest absolute Gasteiger partial charge is 0.690 e. The van der Waals surface area contributed by atoms with Crippen LogP contribution in [0.15, 0.2) is 140 Å². The van der Waals surface area contributed by atoms with E-state index in [4.69, 9.17) is 27.5 Å². The van der Waals surface area contributed by atoms with E-state index in [0.717, 1.165) is 29.1 Å². The average molecular weight is 1030 g/mol. The first-order chi connectivity index (χ1) is 29.7. The van der Waals surface area contributed by atoms with Crippen molar-refractivity contribution in [3.05, 3.63) is 192 Å². The molecule has 0 saturated carbocycles. The number of hydrogen-bond donors (Lipinski definition) is 1. The normalized spacial score (nSPS) is 12.2. The monoisotopic (exact) mass is 1030 g/mol. The molecule has 0 bridgehead atoms.